The van der Waals surface area contributed by atoms with Crippen molar-refractivity contribution in [1.29, 1.82) is 5.41 Å². The summed E-state index contributed by atoms with van der Waals surface area (Å²) in [6, 6.07) is 7.43. The summed E-state index contributed by atoms with van der Waals surface area (Å²) in [5.74, 6) is 1.02. The Hall–Kier alpha value is -6.21. The number of nitrogens with two attached hydrogens (primary N) is 1. The van der Waals surface area contributed by atoms with Crippen molar-refractivity contribution < 1.29 is 0 Å². The lowest BCUT2D eigenvalue weighted by atomic mass is 9.77. The predicted molar refractivity (Wildman–Crippen MR) is 314 cm³/mol. The van der Waals surface area contributed by atoms with Gasteiger partial charge < -0.3 is 30.2 Å². The van der Waals surface area contributed by atoms with Gasteiger partial charge in [-0.15, -0.1) is 0 Å². The van der Waals surface area contributed by atoms with E-state index < -0.39 is 0 Å². The van der Waals surface area contributed by atoms with E-state index in [1.54, 1.807) is 22.9 Å². The largest absolute Gasteiger partial charge is 0.322 e. The monoisotopic (exact) mass is 975 g/mol. The molecule has 74 heavy (non-hydrogen) atoms. The number of benzene rings is 1. The van der Waals surface area contributed by atoms with Crippen LogP contribution in [0.5, 0.6) is 0 Å². The van der Waals surface area contributed by atoms with Crippen molar-refractivity contribution in [3.05, 3.63) is 151 Å². The van der Waals surface area contributed by atoms with Gasteiger partial charge >= 0.3 is 0 Å². The van der Waals surface area contributed by atoms with Crippen LogP contribution in [0.15, 0.2) is 83.0 Å². The van der Waals surface area contributed by atoms with Crippen LogP contribution in [-0.4, -0.2) is 37.5 Å². The van der Waals surface area contributed by atoms with Crippen LogP contribution in [0.1, 0.15) is 209 Å². The molecule has 4 atom stereocenters. The maximum atomic E-state index is 9.17. The number of nitrogens with zero attached hydrogens (tertiary/aromatic N) is 3. The van der Waals surface area contributed by atoms with E-state index >= 15 is 0 Å². The van der Waals surface area contributed by atoms with Gasteiger partial charge in [0.25, 0.3) is 0 Å². The molecule has 9 aliphatic carbocycles. The molecular formula is C68H74N6. The molecule has 1 aliphatic heterocycles. The van der Waals surface area contributed by atoms with Crippen LogP contribution in [0, 0.1) is 17.2 Å². The Labute approximate surface area is 439 Å². The Morgan fingerprint density at radius 3 is 2.11 bits per heavy atom. The third-order valence-electron chi connectivity index (χ3n) is 19.1. The number of hydrogen-bond acceptors (Lipinski definition) is 3. The fourth-order valence-corrected chi connectivity index (χ4v) is 15.1. The molecule has 4 aromatic rings. The molecule has 4 unspecified atom stereocenters. The van der Waals surface area contributed by atoms with Crippen molar-refractivity contribution in [3.8, 4) is 17.1 Å². The van der Waals surface area contributed by atoms with E-state index in [0.717, 1.165) is 129 Å². The summed E-state index contributed by atoms with van der Waals surface area (Å²) >= 11 is 0. The molecule has 5 saturated carbocycles. The summed E-state index contributed by atoms with van der Waals surface area (Å²) in [4.78, 5) is 0. The fraction of sp³-hybridized carbons (Fsp3) is 0.397. The summed E-state index contributed by atoms with van der Waals surface area (Å²) in [6.07, 6.45) is 66.2. The lowest BCUT2D eigenvalue weighted by Crippen LogP contribution is -2.40. The minimum atomic E-state index is -0.366. The Kier molecular flexibility index (Phi) is 11.6. The van der Waals surface area contributed by atoms with Gasteiger partial charge in [-0.05, 0) is 208 Å². The van der Waals surface area contributed by atoms with Gasteiger partial charge in [-0.25, -0.2) is 0 Å². The fourth-order valence-electron chi connectivity index (χ4n) is 15.1. The van der Waals surface area contributed by atoms with Crippen LogP contribution in [0.25, 0.3) is 83.9 Å². The van der Waals surface area contributed by atoms with Gasteiger partial charge in [0.2, 0.25) is 0 Å². The van der Waals surface area contributed by atoms with Gasteiger partial charge in [0.05, 0.1) is 51.2 Å². The van der Waals surface area contributed by atoms with E-state index in [9.17, 15) is 5.41 Å². The molecule has 3 aromatic heterocycles. The van der Waals surface area contributed by atoms with E-state index in [4.69, 9.17) is 5.73 Å². The Morgan fingerprint density at radius 1 is 0.608 bits per heavy atom. The zero-order valence-corrected chi connectivity index (χ0v) is 43.6. The third kappa shape index (κ3) is 8.00. The highest BCUT2D eigenvalue weighted by molar-refractivity contribution is 5.94. The van der Waals surface area contributed by atoms with Crippen molar-refractivity contribution in [1.82, 2.24) is 19.0 Å². The molecule has 4 N–H and O–H groups in total. The molecule has 6 heteroatoms. The smallest absolute Gasteiger partial charge is 0.0555 e. The molecule has 4 heterocycles. The molecule has 1 saturated heterocycles. The van der Waals surface area contributed by atoms with Crippen molar-refractivity contribution in [2.24, 2.45) is 17.6 Å². The molecule has 4 bridgehead atoms. The first-order valence-electron chi connectivity index (χ1n) is 28.9. The molecule has 14 rings (SSSR count). The molecule has 10 aliphatic rings. The number of hydrogen-bond donors (Lipinski definition) is 3. The second-order valence-corrected chi connectivity index (χ2v) is 24.0. The number of fused-ring (bicyclic) bond motifs is 10. The number of aromatic nitrogens is 3. The number of rotatable bonds is 7. The zero-order valence-electron chi connectivity index (χ0n) is 43.6. The maximum Gasteiger partial charge on any atom is 0.0555 e. The van der Waals surface area contributed by atoms with Gasteiger partial charge in [0.15, 0.2) is 0 Å². The highest BCUT2D eigenvalue weighted by Gasteiger charge is 2.35. The van der Waals surface area contributed by atoms with E-state index in [1.807, 2.05) is 0 Å². The lowest BCUT2D eigenvalue weighted by molar-refractivity contribution is 0.421. The van der Waals surface area contributed by atoms with Crippen molar-refractivity contribution in [2.75, 3.05) is 6.54 Å². The van der Waals surface area contributed by atoms with E-state index in [-0.39, 0.29) is 11.1 Å². The van der Waals surface area contributed by atoms with Crippen molar-refractivity contribution in [3.63, 3.8) is 0 Å². The molecule has 1 spiro atoms. The van der Waals surface area contributed by atoms with Crippen LogP contribution >= 0.6 is 0 Å². The molecule has 376 valence electrons. The normalized spacial score (nSPS) is 29.5. The minimum absolute atomic E-state index is 0.0753. The first kappa shape index (κ1) is 46.3. The van der Waals surface area contributed by atoms with E-state index in [1.165, 1.54) is 115 Å². The maximum absolute atomic E-state index is 9.17. The molecule has 6 fully saturated rings. The Morgan fingerprint density at radius 2 is 1.31 bits per heavy atom. The summed E-state index contributed by atoms with van der Waals surface area (Å²) in [5.41, 5.74) is 32.4. The van der Waals surface area contributed by atoms with Gasteiger partial charge in [0.1, 0.15) is 0 Å². The molecular weight excluding hydrogens is 901 g/mol. The Balaban J connectivity index is 1.10. The SMILES string of the molecule is C=Cc1c(C=C2CCCCC2)c2c(n1-c1cc(-n3c(C=C4CCC4)c(C=N)c4c3/C=C\C3(C/C=C\4)CCCN3)cc(-n3c4c(c5c3/C=C\C3(N)CCC/C(=C/5)C3)C=C3CCCC3C=C4)c1)/C=C\C1CCC/C(=C/2)C1. The lowest BCUT2D eigenvalue weighted by Gasteiger charge is -2.33. The first-order valence-corrected chi connectivity index (χ1v) is 28.9. The molecule has 0 radical (unpaired) electrons. The van der Waals surface area contributed by atoms with E-state index in [2.05, 4.69) is 141 Å². The second-order valence-electron chi connectivity index (χ2n) is 24.0. The van der Waals surface area contributed by atoms with Crippen LogP contribution in [0.4, 0.5) is 0 Å². The standard InChI is InChI=1S/C68H74N6/c1-2-61-56(35-45-12-4-3-5-13-45)57-36-48-17-7-16-47(34-48)22-24-62(57)72(61)52-40-53(73-63-25-23-50-19-8-20-51(50)39-59(63)58-37-49-18-9-28-67(70,43-49)31-26-65(58)73)42-54(41-52)74-64-27-32-68(30-11-33-71-68)29-10-21-55(64)60(44-69)66(74)38-46-14-6-15-46/h2,10,21-27,31-32,35-42,44,47,50,69,71H,1,3-9,11-20,28-30,33-34,43,70H2/b21-10-,24-22-,31-26-,32-27-,48-36-,49-37-,69-44?. The van der Waals surface area contributed by atoms with Gasteiger partial charge in [0, 0.05) is 50.7 Å². The van der Waals surface area contributed by atoms with Gasteiger partial charge in [-0.3, -0.25) is 0 Å². The molecule has 6 nitrogen and oxygen atoms in total. The quantitative estimate of drug-likeness (QED) is 0.161. The highest BCUT2D eigenvalue weighted by atomic mass is 15.1. The van der Waals surface area contributed by atoms with Crippen LogP contribution in [-0.2, 0) is 0 Å². The van der Waals surface area contributed by atoms with Crippen LogP contribution in [0.2, 0.25) is 0 Å². The number of allylic oxidation sites excluding steroid dienone is 6. The van der Waals surface area contributed by atoms with Gasteiger partial charge in [-0.2, -0.15) is 0 Å². The minimum Gasteiger partial charge on any atom is -0.322 e. The summed E-state index contributed by atoms with van der Waals surface area (Å²) in [5, 5.41) is 13.1. The predicted octanol–water partition coefficient (Wildman–Crippen LogP) is 16.7. The average Bonchev–Trinajstić information content (AvgIpc) is 4.22. The first-order chi connectivity index (χ1) is 36.3. The summed E-state index contributed by atoms with van der Waals surface area (Å²) in [6.45, 7) is 5.71. The highest BCUT2D eigenvalue weighted by Crippen LogP contribution is 2.47. The van der Waals surface area contributed by atoms with Gasteiger partial charge in [-0.1, -0.05) is 102 Å². The number of nitrogens with one attached hydrogen (secondary N) is 2. The van der Waals surface area contributed by atoms with Crippen molar-refractivity contribution >= 4 is 73.1 Å². The third-order valence-corrected chi connectivity index (χ3v) is 19.1. The van der Waals surface area contributed by atoms with Crippen LogP contribution in [0.3, 0.4) is 0 Å². The zero-order chi connectivity index (χ0) is 49.5. The second kappa shape index (κ2) is 18.6. The van der Waals surface area contributed by atoms with Crippen molar-refractivity contribution in [2.45, 2.75) is 152 Å². The summed E-state index contributed by atoms with van der Waals surface area (Å²) in [7, 11) is 0. The summed E-state index contributed by atoms with van der Waals surface area (Å²) < 4.78 is 7.70. The molecule has 0 amide bonds. The topological polar surface area (TPSA) is 76.7 Å². The molecule has 1 aromatic carbocycles. The van der Waals surface area contributed by atoms with Crippen LogP contribution < -0.4 is 11.1 Å². The Bertz CT molecular complexity index is 3340. The average molecular weight is 975 g/mol. The van der Waals surface area contributed by atoms with E-state index in [0.29, 0.717) is 11.8 Å².